The largest absolute Gasteiger partial charge is 0.467 e. The molecule has 0 spiro atoms. The predicted octanol–water partition coefficient (Wildman–Crippen LogP) is 1.67. The van der Waals surface area contributed by atoms with Crippen molar-refractivity contribution in [3.63, 3.8) is 0 Å². The third-order valence-electron chi connectivity index (χ3n) is 3.22. The molecule has 1 aromatic rings. The standard InChI is InChI=1S/C14H16N2O3/c1-8(2)11(14(18)19-3)16-12(15)9-6-4-5-7-10(9)13(16)17/h4-8,11,15H,1-3H3/t11-/m0/s1. The number of esters is 1. The van der Waals surface area contributed by atoms with Crippen molar-refractivity contribution in [3.8, 4) is 0 Å². The Kier molecular flexibility index (Phi) is 3.38. The molecule has 0 fully saturated rings. The molecule has 0 aliphatic carbocycles. The molecule has 1 aromatic carbocycles. The molecule has 2 rings (SSSR count). The molecule has 0 aromatic heterocycles. The van der Waals surface area contributed by atoms with Gasteiger partial charge in [-0.25, -0.2) is 4.79 Å². The van der Waals surface area contributed by atoms with Gasteiger partial charge in [0.15, 0.2) is 0 Å². The minimum atomic E-state index is -0.766. The fourth-order valence-corrected chi connectivity index (χ4v) is 2.30. The van der Waals surface area contributed by atoms with E-state index in [1.165, 1.54) is 12.0 Å². The molecule has 1 aliphatic heterocycles. The van der Waals surface area contributed by atoms with Gasteiger partial charge in [0.25, 0.3) is 5.91 Å². The first-order valence-electron chi connectivity index (χ1n) is 6.08. The van der Waals surface area contributed by atoms with Crippen LogP contribution in [0.25, 0.3) is 0 Å². The number of amidine groups is 1. The molecule has 100 valence electrons. The summed E-state index contributed by atoms with van der Waals surface area (Å²) in [7, 11) is 1.29. The maximum atomic E-state index is 12.4. The van der Waals surface area contributed by atoms with Crippen LogP contribution >= 0.6 is 0 Å². The highest BCUT2D eigenvalue weighted by Gasteiger charge is 2.42. The summed E-state index contributed by atoms with van der Waals surface area (Å²) in [6, 6.07) is 6.13. The first-order chi connectivity index (χ1) is 8.99. The number of amides is 1. The molecular formula is C14H16N2O3. The van der Waals surface area contributed by atoms with E-state index >= 15 is 0 Å². The van der Waals surface area contributed by atoms with Crippen molar-refractivity contribution in [2.24, 2.45) is 5.92 Å². The number of methoxy groups -OCH3 is 1. The minimum Gasteiger partial charge on any atom is -0.467 e. The number of benzene rings is 1. The van der Waals surface area contributed by atoms with Crippen molar-refractivity contribution in [2.45, 2.75) is 19.9 Å². The Labute approximate surface area is 111 Å². The number of rotatable bonds is 3. The monoisotopic (exact) mass is 260 g/mol. The highest BCUT2D eigenvalue weighted by molar-refractivity contribution is 6.23. The van der Waals surface area contributed by atoms with Crippen LogP contribution in [0.5, 0.6) is 0 Å². The van der Waals surface area contributed by atoms with Gasteiger partial charge in [0.1, 0.15) is 11.9 Å². The zero-order chi connectivity index (χ0) is 14.2. The van der Waals surface area contributed by atoms with Crippen LogP contribution in [0.2, 0.25) is 0 Å². The summed E-state index contributed by atoms with van der Waals surface area (Å²) in [5.41, 5.74) is 1.02. The molecule has 0 saturated heterocycles. The summed E-state index contributed by atoms with van der Waals surface area (Å²) < 4.78 is 4.75. The SMILES string of the molecule is COC(=O)[C@H](C(C)C)N1C(=N)c2ccccc2C1=O. The van der Waals surface area contributed by atoms with E-state index in [1.807, 2.05) is 13.8 Å². The van der Waals surface area contributed by atoms with Crippen molar-refractivity contribution < 1.29 is 14.3 Å². The Morgan fingerprint density at radius 2 is 1.84 bits per heavy atom. The van der Waals surface area contributed by atoms with Gasteiger partial charge >= 0.3 is 5.97 Å². The summed E-state index contributed by atoms with van der Waals surface area (Å²) in [5, 5.41) is 8.11. The van der Waals surface area contributed by atoms with Gasteiger partial charge in [-0.15, -0.1) is 0 Å². The molecule has 1 amide bonds. The first kappa shape index (κ1) is 13.3. The van der Waals surface area contributed by atoms with E-state index in [4.69, 9.17) is 10.1 Å². The maximum Gasteiger partial charge on any atom is 0.329 e. The molecular weight excluding hydrogens is 244 g/mol. The maximum absolute atomic E-state index is 12.4. The zero-order valence-corrected chi connectivity index (χ0v) is 11.1. The number of hydrogen-bond acceptors (Lipinski definition) is 4. The minimum absolute atomic E-state index is 0.0599. The van der Waals surface area contributed by atoms with Crippen LogP contribution in [0, 0.1) is 11.3 Å². The highest BCUT2D eigenvalue weighted by atomic mass is 16.5. The molecule has 5 heteroatoms. The molecule has 19 heavy (non-hydrogen) atoms. The van der Waals surface area contributed by atoms with E-state index in [0.29, 0.717) is 11.1 Å². The van der Waals surface area contributed by atoms with Crippen LogP contribution in [0.15, 0.2) is 24.3 Å². The Balaban J connectivity index is 2.45. The number of nitrogens with zero attached hydrogens (tertiary/aromatic N) is 1. The number of carbonyl (C=O) groups is 2. The lowest BCUT2D eigenvalue weighted by Gasteiger charge is -2.28. The molecule has 1 aliphatic rings. The average molecular weight is 260 g/mol. The Morgan fingerprint density at radius 1 is 1.26 bits per heavy atom. The van der Waals surface area contributed by atoms with Crippen LogP contribution in [0.4, 0.5) is 0 Å². The van der Waals surface area contributed by atoms with Gasteiger partial charge in [-0.2, -0.15) is 0 Å². The summed E-state index contributed by atoms with van der Waals surface area (Å²) in [6.07, 6.45) is 0. The van der Waals surface area contributed by atoms with Crippen molar-refractivity contribution in [1.29, 1.82) is 5.41 Å². The molecule has 0 bridgehead atoms. The second kappa shape index (κ2) is 4.84. The second-order valence-corrected chi connectivity index (χ2v) is 4.78. The highest BCUT2D eigenvalue weighted by Crippen LogP contribution is 2.27. The number of nitrogens with one attached hydrogen (secondary N) is 1. The van der Waals surface area contributed by atoms with Crippen molar-refractivity contribution in [2.75, 3.05) is 7.11 Å². The van der Waals surface area contributed by atoms with E-state index < -0.39 is 12.0 Å². The first-order valence-corrected chi connectivity index (χ1v) is 6.08. The quantitative estimate of drug-likeness (QED) is 0.840. The van der Waals surface area contributed by atoms with Gasteiger partial charge < -0.3 is 4.74 Å². The molecule has 0 saturated carbocycles. The Hall–Kier alpha value is -2.17. The lowest BCUT2D eigenvalue weighted by Crippen LogP contribution is -2.48. The number of fused-ring (bicyclic) bond motifs is 1. The number of carbonyl (C=O) groups excluding carboxylic acids is 2. The molecule has 0 unspecified atom stereocenters. The fraction of sp³-hybridized carbons (Fsp3) is 0.357. The lowest BCUT2D eigenvalue weighted by atomic mass is 10.0. The van der Waals surface area contributed by atoms with Crippen LogP contribution in [0.3, 0.4) is 0 Å². The molecule has 1 N–H and O–H groups in total. The van der Waals surface area contributed by atoms with Gasteiger partial charge in [-0.3, -0.25) is 15.1 Å². The molecule has 5 nitrogen and oxygen atoms in total. The molecule has 0 radical (unpaired) electrons. The van der Waals surface area contributed by atoms with E-state index in [1.54, 1.807) is 24.3 Å². The fourth-order valence-electron chi connectivity index (χ4n) is 2.30. The van der Waals surface area contributed by atoms with Crippen LogP contribution in [-0.2, 0) is 9.53 Å². The normalized spacial score (nSPS) is 15.7. The van der Waals surface area contributed by atoms with Gasteiger partial charge in [-0.05, 0) is 12.0 Å². The summed E-state index contributed by atoms with van der Waals surface area (Å²) in [5.74, 6) is -0.888. The van der Waals surface area contributed by atoms with Crippen molar-refractivity contribution in [1.82, 2.24) is 4.90 Å². The smallest absolute Gasteiger partial charge is 0.329 e. The third kappa shape index (κ3) is 2.01. The van der Waals surface area contributed by atoms with Crippen LogP contribution in [-0.4, -0.2) is 35.8 Å². The zero-order valence-electron chi connectivity index (χ0n) is 11.1. The summed E-state index contributed by atoms with van der Waals surface area (Å²) in [4.78, 5) is 25.4. The van der Waals surface area contributed by atoms with E-state index in [0.717, 1.165) is 0 Å². The Morgan fingerprint density at radius 3 is 2.32 bits per heavy atom. The van der Waals surface area contributed by atoms with Crippen molar-refractivity contribution >= 4 is 17.7 Å². The third-order valence-corrected chi connectivity index (χ3v) is 3.22. The van der Waals surface area contributed by atoms with Gasteiger partial charge in [0.2, 0.25) is 0 Å². The summed E-state index contributed by atoms with van der Waals surface area (Å²) >= 11 is 0. The number of hydrogen-bond donors (Lipinski definition) is 1. The predicted molar refractivity (Wildman–Crippen MR) is 70.1 cm³/mol. The van der Waals surface area contributed by atoms with Crippen LogP contribution < -0.4 is 0 Å². The Bertz CT molecular complexity index is 516. The lowest BCUT2D eigenvalue weighted by molar-refractivity contribution is -0.146. The topological polar surface area (TPSA) is 70.5 Å². The molecule has 1 atom stereocenters. The van der Waals surface area contributed by atoms with Gasteiger partial charge in [-0.1, -0.05) is 32.0 Å². The van der Waals surface area contributed by atoms with E-state index in [9.17, 15) is 9.59 Å². The van der Waals surface area contributed by atoms with Gasteiger partial charge in [0.05, 0.1) is 12.7 Å². The molecule has 1 heterocycles. The van der Waals surface area contributed by atoms with Gasteiger partial charge in [0, 0.05) is 5.56 Å². The van der Waals surface area contributed by atoms with E-state index in [2.05, 4.69) is 0 Å². The van der Waals surface area contributed by atoms with E-state index in [-0.39, 0.29) is 17.7 Å². The van der Waals surface area contributed by atoms with Crippen LogP contribution in [0.1, 0.15) is 29.8 Å². The number of ether oxygens (including phenoxy) is 1. The second-order valence-electron chi connectivity index (χ2n) is 4.78. The summed E-state index contributed by atoms with van der Waals surface area (Å²) in [6.45, 7) is 3.65. The average Bonchev–Trinajstić information content (AvgIpc) is 2.64. The van der Waals surface area contributed by atoms with Crippen molar-refractivity contribution in [3.05, 3.63) is 35.4 Å².